The Balaban J connectivity index is 4.07. The zero-order valence-corrected chi connectivity index (χ0v) is 8.88. The predicted octanol–water partition coefficient (Wildman–Crippen LogP) is -1.64. The summed E-state index contributed by atoms with van der Waals surface area (Å²) in [6.07, 6.45) is 0.642. The minimum atomic E-state index is -0.991. The third-order valence-electron chi connectivity index (χ3n) is 1.69. The number of nitrogens with two attached hydrogens (primary N) is 2. The number of nitrogens with zero attached hydrogens (tertiary/aromatic N) is 2. The van der Waals surface area contributed by atoms with Crippen LogP contribution in [-0.4, -0.2) is 36.7 Å². The van der Waals surface area contributed by atoms with Crippen molar-refractivity contribution in [1.29, 1.82) is 0 Å². The van der Waals surface area contributed by atoms with Crippen molar-refractivity contribution in [3.8, 4) is 0 Å². The maximum absolute atomic E-state index is 11.1. The van der Waals surface area contributed by atoms with E-state index in [1.54, 1.807) is 0 Å². The van der Waals surface area contributed by atoms with Gasteiger partial charge >= 0.3 is 5.97 Å². The second-order valence-electron chi connectivity index (χ2n) is 2.91. The molecule has 0 rings (SSSR count). The quantitative estimate of drug-likeness (QED) is 0.119. The van der Waals surface area contributed by atoms with E-state index in [-0.39, 0.29) is 12.4 Å². The molecule has 0 aliphatic heterocycles. The standard InChI is InChI=1S/C7H15N5O4/c1-16-6(13)5(11-12(14)15)3-2-4-10-7(8)9/h5,11H,2-4H2,1H3,(H4,8,9,10). The lowest BCUT2D eigenvalue weighted by Crippen LogP contribution is -2.41. The predicted molar refractivity (Wildman–Crippen MR) is 55.8 cm³/mol. The van der Waals surface area contributed by atoms with E-state index in [1.165, 1.54) is 0 Å². The van der Waals surface area contributed by atoms with E-state index in [1.807, 2.05) is 5.43 Å². The van der Waals surface area contributed by atoms with Gasteiger partial charge in [-0.1, -0.05) is 0 Å². The van der Waals surface area contributed by atoms with Crippen LogP contribution in [0.4, 0.5) is 0 Å². The third kappa shape index (κ3) is 6.40. The normalized spacial score (nSPS) is 11.3. The van der Waals surface area contributed by atoms with E-state index in [4.69, 9.17) is 11.5 Å². The molecule has 0 aromatic rings. The van der Waals surface area contributed by atoms with E-state index in [9.17, 15) is 14.9 Å². The molecule has 0 aromatic heterocycles. The van der Waals surface area contributed by atoms with E-state index in [0.717, 1.165) is 7.11 Å². The Morgan fingerprint density at radius 2 is 2.25 bits per heavy atom. The molecule has 0 spiro atoms. The van der Waals surface area contributed by atoms with Crippen LogP contribution in [-0.2, 0) is 9.53 Å². The summed E-state index contributed by atoms with van der Waals surface area (Å²) >= 11 is 0. The van der Waals surface area contributed by atoms with Gasteiger partial charge in [-0.15, -0.1) is 5.43 Å². The first kappa shape index (κ1) is 13.9. The molecule has 0 saturated heterocycles. The van der Waals surface area contributed by atoms with Gasteiger partial charge in [0.2, 0.25) is 0 Å². The summed E-state index contributed by atoms with van der Waals surface area (Å²) in [6, 6.07) is -0.991. The highest BCUT2D eigenvalue weighted by atomic mass is 16.7. The van der Waals surface area contributed by atoms with Crippen molar-refractivity contribution in [3.05, 3.63) is 10.1 Å². The van der Waals surface area contributed by atoms with Crippen LogP contribution in [0.25, 0.3) is 0 Å². The number of hydrazine groups is 1. The van der Waals surface area contributed by atoms with Crippen LogP contribution in [0.5, 0.6) is 0 Å². The van der Waals surface area contributed by atoms with Crippen molar-refractivity contribution in [3.63, 3.8) is 0 Å². The van der Waals surface area contributed by atoms with Crippen LogP contribution in [0.2, 0.25) is 0 Å². The maximum atomic E-state index is 11.1. The maximum Gasteiger partial charge on any atom is 0.334 e. The fraction of sp³-hybridized carbons (Fsp3) is 0.714. The molecule has 0 aliphatic carbocycles. The molecule has 1 unspecified atom stereocenters. The topological polar surface area (TPSA) is 146 Å². The number of nitro groups is 1. The first-order valence-electron chi connectivity index (χ1n) is 4.51. The molecule has 0 fully saturated rings. The third-order valence-corrected chi connectivity index (χ3v) is 1.69. The number of guanidine groups is 1. The fourth-order valence-corrected chi connectivity index (χ4v) is 1.01. The molecule has 0 saturated carbocycles. The minimum absolute atomic E-state index is 0.0585. The van der Waals surface area contributed by atoms with Crippen LogP contribution in [0.15, 0.2) is 4.99 Å². The molecule has 0 radical (unpaired) electrons. The molecule has 1 atom stereocenters. The lowest BCUT2D eigenvalue weighted by atomic mass is 10.1. The van der Waals surface area contributed by atoms with Gasteiger partial charge in [0.25, 0.3) is 0 Å². The second-order valence-corrected chi connectivity index (χ2v) is 2.91. The molecule has 0 heterocycles. The average Bonchev–Trinajstić information content (AvgIpc) is 2.20. The average molecular weight is 233 g/mol. The van der Waals surface area contributed by atoms with Crippen molar-refractivity contribution in [2.45, 2.75) is 18.9 Å². The molecule has 9 nitrogen and oxygen atoms in total. The number of carbonyl (C=O) groups is 1. The number of nitrogens with one attached hydrogen (secondary N) is 1. The zero-order valence-electron chi connectivity index (χ0n) is 8.88. The summed E-state index contributed by atoms with van der Waals surface area (Å²) < 4.78 is 4.40. The largest absolute Gasteiger partial charge is 0.467 e. The van der Waals surface area contributed by atoms with E-state index >= 15 is 0 Å². The smallest absolute Gasteiger partial charge is 0.334 e. The van der Waals surface area contributed by atoms with Crippen molar-refractivity contribution in [2.24, 2.45) is 16.5 Å². The van der Waals surface area contributed by atoms with Gasteiger partial charge in [-0.2, -0.15) is 0 Å². The zero-order chi connectivity index (χ0) is 12.6. The Bertz CT molecular complexity index is 276. The highest BCUT2D eigenvalue weighted by Gasteiger charge is 2.22. The number of ether oxygens (including phenoxy) is 1. The Morgan fingerprint density at radius 1 is 1.62 bits per heavy atom. The number of hydrogen-bond donors (Lipinski definition) is 3. The lowest BCUT2D eigenvalue weighted by molar-refractivity contribution is -0.549. The van der Waals surface area contributed by atoms with Crippen molar-refractivity contribution in [2.75, 3.05) is 13.7 Å². The highest BCUT2D eigenvalue weighted by Crippen LogP contribution is 2.00. The number of hydrogen-bond acceptors (Lipinski definition) is 5. The summed E-state index contributed by atoms with van der Waals surface area (Å²) in [7, 11) is 1.16. The van der Waals surface area contributed by atoms with E-state index in [2.05, 4.69) is 9.73 Å². The molecule has 0 amide bonds. The van der Waals surface area contributed by atoms with Crippen LogP contribution in [0.3, 0.4) is 0 Å². The van der Waals surface area contributed by atoms with Crippen molar-refractivity contribution in [1.82, 2.24) is 5.43 Å². The molecular weight excluding hydrogens is 218 g/mol. The monoisotopic (exact) mass is 233 g/mol. The second kappa shape index (κ2) is 7.26. The molecule has 9 heteroatoms. The number of aliphatic imine (C=N–C) groups is 1. The van der Waals surface area contributed by atoms with Gasteiger partial charge in [-0.25, -0.2) is 14.9 Å². The molecule has 0 aliphatic rings. The Morgan fingerprint density at radius 3 is 2.69 bits per heavy atom. The van der Waals surface area contributed by atoms with Gasteiger partial charge in [0.15, 0.2) is 17.0 Å². The Kier molecular flexibility index (Phi) is 6.33. The molecule has 5 N–H and O–H groups in total. The highest BCUT2D eigenvalue weighted by molar-refractivity contribution is 5.76. The summed E-state index contributed by atoms with van der Waals surface area (Å²) in [5, 5.41) is 9.40. The number of carbonyl (C=O) groups excluding carboxylic acids is 1. The van der Waals surface area contributed by atoms with Gasteiger partial charge in [0.1, 0.15) is 0 Å². The van der Waals surface area contributed by atoms with Crippen LogP contribution < -0.4 is 16.9 Å². The molecule has 92 valence electrons. The Hall–Kier alpha value is -2.06. The van der Waals surface area contributed by atoms with E-state index < -0.39 is 17.0 Å². The SMILES string of the molecule is COC(=O)C(CCCN=C(N)N)N[N+](=O)[O-]. The first-order valence-corrected chi connectivity index (χ1v) is 4.51. The lowest BCUT2D eigenvalue weighted by Gasteiger charge is -2.10. The molecule has 16 heavy (non-hydrogen) atoms. The summed E-state index contributed by atoms with van der Waals surface area (Å²) in [5.41, 5.74) is 12.0. The number of rotatable bonds is 7. The summed E-state index contributed by atoms with van der Waals surface area (Å²) in [4.78, 5) is 25.0. The van der Waals surface area contributed by atoms with Crippen LogP contribution in [0.1, 0.15) is 12.8 Å². The fourth-order valence-electron chi connectivity index (χ4n) is 1.01. The van der Waals surface area contributed by atoms with Crippen molar-refractivity contribution < 1.29 is 14.6 Å². The number of methoxy groups -OCH3 is 1. The molecule has 0 bridgehead atoms. The van der Waals surface area contributed by atoms with Gasteiger partial charge in [-0.3, -0.25) is 4.99 Å². The van der Waals surface area contributed by atoms with Gasteiger partial charge in [0, 0.05) is 6.54 Å². The summed E-state index contributed by atoms with van der Waals surface area (Å²) in [5.74, 6) is -0.752. The minimum Gasteiger partial charge on any atom is -0.467 e. The number of esters is 1. The van der Waals surface area contributed by atoms with Gasteiger partial charge in [0.05, 0.1) is 7.11 Å². The molecular formula is C7H15N5O4. The van der Waals surface area contributed by atoms with Crippen LogP contribution in [0, 0.1) is 10.1 Å². The Labute approximate surface area is 92.0 Å². The summed E-state index contributed by atoms with van der Waals surface area (Å²) in [6.45, 7) is 0.301. The van der Waals surface area contributed by atoms with Gasteiger partial charge in [-0.05, 0) is 12.8 Å². The van der Waals surface area contributed by atoms with Crippen molar-refractivity contribution >= 4 is 11.9 Å². The first-order chi connectivity index (χ1) is 7.47. The van der Waals surface area contributed by atoms with Gasteiger partial charge < -0.3 is 16.2 Å². The molecule has 0 aromatic carbocycles. The van der Waals surface area contributed by atoms with E-state index in [0.29, 0.717) is 13.0 Å². The van der Waals surface area contributed by atoms with Crippen LogP contribution >= 0.6 is 0 Å².